The average molecular weight is 1030 g/mol. The molecule has 4 aromatic rings. The Balaban J connectivity index is 0.000000158. The van der Waals surface area contributed by atoms with Crippen LogP contribution >= 0.6 is 23.2 Å². The predicted molar refractivity (Wildman–Crippen MR) is 273 cm³/mol. The number of halogens is 2. The van der Waals surface area contributed by atoms with Gasteiger partial charge in [0.1, 0.15) is 41.3 Å². The zero-order valence-corrected chi connectivity index (χ0v) is 42.5. The van der Waals surface area contributed by atoms with Crippen molar-refractivity contribution in [2.45, 2.75) is 76.0 Å². The van der Waals surface area contributed by atoms with E-state index in [1.807, 2.05) is 46.5 Å². The molecule has 7 aliphatic rings. The van der Waals surface area contributed by atoms with E-state index in [2.05, 4.69) is 43.0 Å². The molecule has 0 saturated carbocycles. The molecule has 0 bridgehead atoms. The molecule has 1 N–H and O–H groups in total. The zero-order chi connectivity index (χ0) is 49.4. The van der Waals surface area contributed by atoms with Gasteiger partial charge in [0.25, 0.3) is 0 Å². The minimum Gasteiger partial charge on any atom is -0.456 e. The molecule has 1 amide bonds. The van der Waals surface area contributed by atoms with E-state index >= 15 is 0 Å². The molecule has 7 aliphatic heterocycles. The maximum Gasteiger partial charge on any atom is 0.423 e. The second kappa shape index (κ2) is 19.9. The topological polar surface area (TPSA) is 187 Å². The Morgan fingerprint density at radius 2 is 1.14 bits per heavy atom. The number of rotatable bonds is 10. The summed E-state index contributed by atoms with van der Waals surface area (Å²) in [7, 11) is -7.33. The van der Waals surface area contributed by atoms with E-state index in [9.17, 15) is 21.6 Å². The van der Waals surface area contributed by atoms with Gasteiger partial charge < -0.3 is 29.3 Å². The van der Waals surface area contributed by atoms with Crippen LogP contribution in [-0.2, 0) is 36.3 Å². The number of carbonyl (C=O) groups is 1. The van der Waals surface area contributed by atoms with Gasteiger partial charge in [-0.25, -0.2) is 40.2 Å². The Kier molecular flexibility index (Phi) is 14.1. The van der Waals surface area contributed by atoms with E-state index in [0.29, 0.717) is 52.2 Å². The Morgan fingerprint density at radius 1 is 0.657 bits per heavy atom. The van der Waals surface area contributed by atoms with Gasteiger partial charge in [-0.1, -0.05) is 47.5 Å². The molecule has 0 aromatic heterocycles. The second-order valence-electron chi connectivity index (χ2n) is 19.0. The third-order valence-electron chi connectivity index (χ3n) is 12.3. The third-order valence-corrected chi connectivity index (χ3v) is 16.6. The summed E-state index contributed by atoms with van der Waals surface area (Å²) >= 11 is 13.1. The number of aliphatic imine (C=N–C) groups is 4. The number of benzene rings is 4. The lowest BCUT2D eigenvalue weighted by molar-refractivity contribution is 0.170. The van der Waals surface area contributed by atoms with Crippen molar-refractivity contribution in [3.8, 4) is 23.0 Å². The summed E-state index contributed by atoms with van der Waals surface area (Å²) < 4.78 is 69.9. The maximum absolute atomic E-state index is 12.7. The van der Waals surface area contributed by atoms with Crippen molar-refractivity contribution in [1.29, 1.82) is 0 Å². The highest BCUT2D eigenvalue weighted by molar-refractivity contribution is 7.89. The van der Waals surface area contributed by atoms with Crippen LogP contribution in [0.4, 0.5) is 16.2 Å². The highest BCUT2D eigenvalue weighted by atomic mass is 35.5. The fraction of sp³-hybridized carbons (Fsp3) is 0.408. The van der Waals surface area contributed by atoms with Gasteiger partial charge in [-0.15, -0.1) is 0 Å². The van der Waals surface area contributed by atoms with Gasteiger partial charge in [-0.05, 0) is 126 Å². The van der Waals surface area contributed by atoms with Crippen molar-refractivity contribution in [2.24, 2.45) is 20.0 Å². The number of nitrogens with zero attached hydrogens (tertiary/aromatic N) is 8. The third kappa shape index (κ3) is 11.0. The largest absolute Gasteiger partial charge is 0.456 e. The van der Waals surface area contributed by atoms with Gasteiger partial charge in [0.2, 0.25) is 20.0 Å². The van der Waals surface area contributed by atoms with E-state index in [1.54, 1.807) is 48.8 Å². The van der Waals surface area contributed by atoms with Gasteiger partial charge in [0, 0.05) is 24.2 Å². The summed E-state index contributed by atoms with van der Waals surface area (Å²) in [5.74, 6) is 2.96. The number of carbonyl (C=O) groups excluding carboxylic acids is 1. The molecule has 7 heterocycles. The molecule has 70 heavy (non-hydrogen) atoms. The lowest BCUT2D eigenvalue weighted by Crippen LogP contribution is -2.33. The number of sulfonamides is 2. The monoisotopic (exact) mass is 1030 g/mol. The summed E-state index contributed by atoms with van der Waals surface area (Å²) in [4.78, 5) is 34.4. The van der Waals surface area contributed by atoms with Crippen molar-refractivity contribution >= 4 is 85.1 Å². The molecule has 0 radical (unpaired) electrons. The van der Waals surface area contributed by atoms with Crippen LogP contribution in [0.5, 0.6) is 23.0 Å². The summed E-state index contributed by atoms with van der Waals surface area (Å²) in [6, 6.07) is 21.2. The van der Waals surface area contributed by atoms with Crippen LogP contribution in [-0.4, -0.2) is 129 Å². The van der Waals surface area contributed by atoms with Crippen molar-refractivity contribution in [3.05, 3.63) is 105 Å². The van der Waals surface area contributed by atoms with Crippen LogP contribution in [0.25, 0.3) is 0 Å². The first-order chi connectivity index (χ1) is 33.3. The lowest BCUT2D eigenvalue weighted by atomic mass is 10.1. The Hall–Kier alpha value is -5.57. The summed E-state index contributed by atoms with van der Waals surface area (Å²) in [5, 5.41) is 3.69. The molecule has 370 valence electrons. The SMILES string of the molecule is C1CCNC1.CC1(C)CN2C=Nc3ccc(Oc4cccc(CS(=O)(=O)N5CCCC5)c4Cl)cc3C2=N1.CC1(C)CN2C=Nc3ccc(Oc4cccc(CS(=O)(=O)N5CCOC5=O)c4Cl)cc3C2=N1. The van der Waals surface area contributed by atoms with Crippen LogP contribution in [0.3, 0.4) is 0 Å². The van der Waals surface area contributed by atoms with Crippen molar-refractivity contribution in [3.63, 3.8) is 0 Å². The normalized spacial score (nSPS) is 19.5. The molecule has 0 atom stereocenters. The van der Waals surface area contributed by atoms with Crippen molar-refractivity contribution in [1.82, 2.24) is 23.7 Å². The van der Waals surface area contributed by atoms with Gasteiger partial charge >= 0.3 is 6.09 Å². The minimum atomic E-state index is -3.93. The van der Waals surface area contributed by atoms with Crippen molar-refractivity contribution in [2.75, 3.05) is 52.4 Å². The molecule has 11 rings (SSSR count). The zero-order valence-electron chi connectivity index (χ0n) is 39.4. The Labute approximate surface area is 418 Å². The van der Waals surface area contributed by atoms with Gasteiger partial charge in [-0.3, -0.25) is 9.98 Å². The van der Waals surface area contributed by atoms with E-state index in [4.69, 9.17) is 47.4 Å². The quantitative estimate of drug-likeness (QED) is 0.160. The molecule has 0 aliphatic carbocycles. The number of nitrogens with one attached hydrogen (secondary N) is 1. The molecular weight excluding hydrogens is 978 g/mol. The van der Waals surface area contributed by atoms with E-state index < -0.39 is 31.9 Å². The van der Waals surface area contributed by atoms with Gasteiger partial charge in [0.05, 0.1) is 76.3 Å². The predicted octanol–water partition coefficient (Wildman–Crippen LogP) is 8.87. The summed E-state index contributed by atoms with van der Waals surface area (Å²) in [5.41, 5.74) is 3.84. The molecular formula is C49H55Cl2N9O8S2. The summed E-state index contributed by atoms with van der Waals surface area (Å²) in [6.07, 6.45) is 7.31. The first-order valence-electron chi connectivity index (χ1n) is 23.2. The smallest absolute Gasteiger partial charge is 0.423 e. The number of hydrogen-bond acceptors (Lipinski definition) is 15. The number of amidine groups is 2. The first kappa shape index (κ1) is 49.4. The molecule has 3 fully saturated rings. The van der Waals surface area contributed by atoms with Crippen molar-refractivity contribution < 1.29 is 35.8 Å². The molecule has 21 heteroatoms. The Bertz CT molecular complexity index is 3040. The molecule has 4 aromatic carbocycles. The summed E-state index contributed by atoms with van der Waals surface area (Å²) in [6.45, 7) is 13.5. The number of ether oxygens (including phenoxy) is 3. The highest BCUT2D eigenvalue weighted by Crippen LogP contribution is 2.40. The molecule has 3 saturated heterocycles. The van der Waals surface area contributed by atoms with Crippen LogP contribution in [0.15, 0.2) is 92.8 Å². The van der Waals surface area contributed by atoms with Crippen LogP contribution < -0.4 is 14.8 Å². The minimum absolute atomic E-state index is 0.00963. The second-order valence-corrected chi connectivity index (χ2v) is 23.6. The number of fused-ring (bicyclic) bond motifs is 6. The van der Waals surface area contributed by atoms with Crippen LogP contribution in [0, 0.1) is 0 Å². The lowest BCUT2D eigenvalue weighted by Gasteiger charge is -2.22. The van der Waals surface area contributed by atoms with Crippen LogP contribution in [0.2, 0.25) is 10.0 Å². The number of hydrogen-bond donors (Lipinski definition) is 1. The van der Waals surface area contributed by atoms with E-state index in [0.717, 1.165) is 64.4 Å². The van der Waals surface area contributed by atoms with Gasteiger partial charge in [0.15, 0.2) is 0 Å². The maximum atomic E-state index is 12.7. The fourth-order valence-electron chi connectivity index (χ4n) is 8.91. The Morgan fingerprint density at radius 3 is 1.59 bits per heavy atom. The standard InChI is InChI=1S/C23H25ClN4O3S.C22H21ClN4O5S.C4H9N/c1-23(2)14-27-15-25-19-9-8-17(12-18(19)22(27)26-23)31-20-7-5-6-16(21(20)24)13-32(29,30)28-10-3-4-11-28;1-22(2)12-26-13-24-17-7-6-15(10-16(17)20(26)25-22)32-18-5-3-4-14(19(18)23)11-33(29,30)27-8-9-31-21(27)28;1-2-4-5-3-1/h5-9,12,15H,3-4,10-11,13-14H2,1-2H3;3-7,10,13H,8-9,11-12H2,1-2H3;5H,1-4H2. The highest BCUT2D eigenvalue weighted by Gasteiger charge is 2.37. The number of amides is 1. The molecule has 0 unspecified atom stereocenters. The van der Waals surface area contributed by atoms with Crippen LogP contribution in [0.1, 0.15) is 75.6 Å². The molecule has 0 spiro atoms. The van der Waals surface area contributed by atoms with Gasteiger partial charge in [-0.2, -0.15) is 0 Å². The van der Waals surface area contributed by atoms with E-state index in [1.165, 1.54) is 30.2 Å². The first-order valence-corrected chi connectivity index (χ1v) is 27.2. The number of cyclic esters (lactones) is 1. The molecule has 17 nitrogen and oxygen atoms in total. The average Bonchev–Trinajstić information content (AvgIpc) is 4.18. The van der Waals surface area contributed by atoms with E-state index in [-0.39, 0.29) is 35.0 Å². The fourth-order valence-corrected chi connectivity index (χ4v) is 12.6.